The predicted octanol–water partition coefficient (Wildman–Crippen LogP) is 1.46. The van der Waals surface area contributed by atoms with E-state index >= 15 is 0 Å². The van der Waals surface area contributed by atoms with Crippen LogP contribution in [0.25, 0.3) is 0 Å². The standard InChI is InChI=1S/C10H13IN2O2/c1-3-7(2)9(14)5-13-6-12-4-8(11)10(13)15/h4,6-7H,3,5H2,1-2H3. The van der Waals surface area contributed by atoms with Crippen molar-refractivity contribution in [3.63, 3.8) is 0 Å². The zero-order chi connectivity index (χ0) is 11.4. The van der Waals surface area contributed by atoms with Crippen molar-refractivity contribution in [3.05, 3.63) is 26.4 Å². The second-order valence-electron chi connectivity index (χ2n) is 3.45. The monoisotopic (exact) mass is 320 g/mol. The molecule has 0 aliphatic heterocycles. The lowest BCUT2D eigenvalue weighted by Gasteiger charge is -2.08. The number of carbonyl (C=O) groups is 1. The van der Waals surface area contributed by atoms with Gasteiger partial charge in [0.15, 0.2) is 5.78 Å². The van der Waals surface area contributed by atoms with Crippen LogP contribution in [0.2, 0.25) is 0 Å². The molecule has 0 fully saturated rings. The number of rotatable bonds is 4. The summed E-state index contributed by atoms with van der Waals surface area (Å²) in [5.41, 5.74) is -0.151. The molecule has 1 atom stereocenters. The first kappa shape index (κ1) is 12.4. The van der Waals surface area contributed by atoms with Crippen LogP contribution in [0.1, 0.15) is 20.3 Å². The van der Waals surface area contributed by atoms with E-state index in [4.69, 9.17) is 0 Å². The van der Waals surface area contributed by atoms with Crippen molar-refractivity contribution in [1.29, 1.82) is 0 Å². The summed E-state index contributed by atoms with van der Waals surface area (Å²) in [5, 5.41) is 0. The van der Waals surface area contributed by atoms with Crippen molar-refractivity contribution >= 4 is 28.4 Å². The molecule has 0 amide bonds. The van der Waals surface area contributed by atoms with E-state index in [9.17, 15) is 9.59 Å². The highest BCUT2D eigenvalue weighted by Crippen LogP contribution is 2.03. The molecule has 4 nitrogen and oxygen atoms in total. The van der Waals surface area contributed by atoms with Crippen LogP contribution in [0, 0.1) is 9.49 Å². The van der Waals surface area contributed by atoms with Crippen molar-refractivity contribution in [2.75, 3.05) is 0 Å². The summed E-state index contributed by atoms with van der Waals surface area (Å²) >= 11 is 1.92. The van der Waals surface area contributed by atoms with Gasteiger partial charge in [0.1, 0.15) is 0 Å². The molecule has 1 unspecified atom stereocenters. The Balaban J connectivity index is 2.86. The number of nitrogens with zero attached hydrogens (tertiary/aromatic N) is 2. The minimum Gasteiger partial charge on any atom is -0.297 e. The average Bonchev–Trinajstić information content (AvgIpc) is 2.23. The number of ketones is 1. The number of hydrogen-bond acceptors (Lipinski definition) is 3. The normalized spacial score (nSPS) is 12.5. The Morgan fingerprint density at radius 1 is 1.67 bits per heavy atom. The number of carbonyl (C=O) groups excluding carboxylic acids is 1. The third-order valence-electron chi connectivity index (χ3n) is 2.35. The van der Waals surface area contributed by atoms with Gasteiger partial charge in [0, 0.05) is 12.1 Å². The fourth-order valence-corrected chi connectivity index (χ4v) is 1.56. The second kappa shape index (κ2) is 5.39. The molecule has 0 bridgehead atoms. The molecule has 0 radical (unpaired) electrons. The molecular formula is C10H13IN2O2. The van der Waals surface area contributed by atoms with Gasteiger partial charge in [0.25, 0.3) is 5.56 Å². The van der Waals surface area contributed by atoms with Gasteiger partial charge in [-0.2, -0.15) is 0 Å². The van der Waals surface area contributed by atoms with E-state index in [1.54, 1.807) is 0 Å². The van der Waals surface area contributed by atoms with Crippen LogP contribution in [0.4, 0.5) is 0 Å². The third kappa shape index (κ3) is 3.12. The van der Waals surface area contributed by atoms with E-state index < -0.39 is 0 Å². The van der Waals surface area contributed by atoms with Crippen molar-refractivity contribution in [2.24, 2.45) is 5.92 Å². The zero-order valence-electron chi connectivity index (χ0n) is 8.74. The van der Waals surface area contributed by atoms with Gasteiger partial charge in [-0.25, -0.2) is 4.98 Å². The Labute approximate surface area is 102 Å². The molecule has 0 saturated carbocycles. The molecule has 0 N–H and O–H groups in total. The number of Topliss-reactive ketones (excluding diaryl/α,β-unsaturated/α-hetero) is 1. The van der Waals surface area contributed by atoms with Gasteiger partial charge in [-0.1, -0.05) is 13.8 Å². The predicted molar refractivity (Wildman–Crippen MR) is 65.7 cm³/mol. The van der Waals surface area contributed by atoms with Gasteiger partial charge in [-0.05, 0) is 29.0 Å². The molecule has 1 aromatic heterocycles. The zero-order valence-corrected chi connectivity index (χ0v) is 10.9. The maximum atomic E-state index is 11.6. The van der Waals surface area contributed by atoms with E-state index in [2.05, 4.69) is 4.98 Å². The summed E-state index contributed by atoms with van der Waals surface area (Å²) in [6.45, 7) is 3.95. The molecule has 1 aromatic rings. The Hall–Kier alpha value is -0.720. The molecule has 1 heterocycles. The summed E-state index contributed by atoms with van der Waals surface area (Å²) in [4.78, 5) is 27.1. The molecule has 15 heavy (non-hydrogen) atoms. The first-order valence-corrected chi connectivity index (χ1v) is 5.86. The lowest BCUT2D eigenvalue weighted by molar-refractivity contribution is -0.123. The van der Waals surface area contributed by atoms with Crippen LogP contribution in [-0.2, 0) is 11.3 Å². The van der Waals surface area contributed by atoms with Crippen molar-refractivity contribution in [2.45, 2.75) is 26.8 Å². The topological polar surface area (TPSA) is 52.0 Å². The summed E-state index contributed by atoms with van der Waals surface area (Å²) in [6.07, 6.45) is 3.70. The van der Waals surface area contributed by atoms with Crippen LogP contribution in [0.3, 0.4) is 0 Å². The summed E-state index contributed by atoms with van der Waals surface area (Å²) < 4.78 is 1.89. The maximum Gasteiger partial charge on any atom is 0.267 e. The van der Waals surface area contributed by atoms with Gasteiger partial charge in [0.2, 0.25) is 0 Å². The molecule has 1 rings (SSSR count). The Kier molecular flexibility index (Phi) is 4.44. The molecule has 0 saturated heterocycles. The highest BCUT2D eigenvalue weighted by Gasteiger charge is 2.12. The molecule has 0 aliphatic carbocycles. The van der Waals surface area contributed by atoms with Gasteiger partial charge >= 0.3 is 0 Å². The van der Waals surface area contributed by atoms with Gasteiger partial charge in [-0.15, -0.1) is 0 Å². The van der Waals surface area contributed by atoms with Crippen LogP contribution >= 0.6 is 22.6 Å². The van der Waals surface area contributed by atoms with Crippen LogP contribution in [0.15, 0.2) is 17.3 Å². The first-order valence-electron chi connectivity index (χ1n) is 4.79. The Bertz CT molecular complexity index is 414. The Morgan fingerprint density at radius 2 is 2.33 bits per heavy atom. The highest BCUT2D eigenvalue weighted by molar-refractivity contribution is 14.1. The summed E-state index contributed by atoms with van der Waals surface area (Å²) in [7, 11) is 0. The number of halogens is 1. The van der Waals surface area contributed by atoms with Crippen molar-refractivity contribution in [3.8, 4) is 0 Å². The van der Waals surface area contributed by atoms with Crippen molar-refractivity contribution in [1.82, 2.24) is 9.55 Å². The average molecular weight is 320 g/mol. The van der Waals surface area contributed by atoms with Crippen LogP contribution in [-0.4, -0.2) is 15.3 Å². The van der Waals surface area contributed by atoms with Gasteiger partial charge < -0.3 is 0 Å². The van der Waals surface area contributed by atoms with Crippen molar-refractivity contribution < 1.29 is 4.79 Å². The lowest BCUT2D eigenvalue weighted by atomic mass is 10.0. The van der Waals surface area contributed by atoms with E-state index in [1.807, 2.05) is 36.4 Å². The van der Waals surface area contributed by atoms with Gasteiger partial charge in [0.05, 0.1) is 16.4 Å². The molecular weight excluding hydrogens is 307 g/mol. The molecule has 0 aromatic carbocycles. The smallest absolute Gasteiger partial charge is 0.267 e. The maximum absolute atomic E-state index is 11.6. The Morgan fingerprint density at radius 3 is 2.93 bits per heavy atom. The second-order valence-corrected chi connectivity index (χ2v) is 4.61. The molecule has 0 aliphatic rings. The minimum atomic E-state index is -0.151. The van der Waals surface area contributed by atoms with E-state index in [-0.39, 0.29) is 23.8 Å². The highest BCUT2D eigenvalue weighted by atomic mass is 127. The summed E-state index contributed by atoms with van der Waals surface area (Å²) in [5.74, 6) is 0.0677. The fraction of sp³-hybridized carbons (Fsp3) is 0.500. The third-order valence-corrected chi connectivity index (χ3v) is 3.09. The van der Waals surface area contributed by atoms with Crippen LogP contribution < -0.4 is 5.56 Å². The number of aromatic nitrogens is 2. The first-order chi connectivity index (χ1) is 7.06. The molecule has 0 spiro atoms. The quantitative estimate of drug-likeness (QED) is 0.790. The van der Waals surface area contributed by atoms with E-state index in [0.717, 1.165) is 6.42 Å². The molecule has 5 heteroatoms. The van der Waals surface area contributed by atoms with Crippen LogP contribution in [0.5, 0.6) is 0 Å². The molecule has 82 valence electrons. The largest absolute Gasteiger partial charge is 0.297 e. The fourth-order valence-electron chi connectivity index (χ4n) is 1.09. The SMILES string of the molecule is CCC(C)C(=O)Cn1cncc(I)c1=O. The van der Waals surface area contributed by atoms with E-state index in [1.165, 1.54) is 17.1 Å². The van der Waals surface area contributed by atoms with Gasteiger partial charge in [-0.3, -0.25) is 14.2 Å². The number of hydrogen-bond donors (Lipinski definition) is 0. The minimum absolute atomic E-state index is 0.00485. The van der Waals surface area contributed by atoms with E-state index in [0.29, 0.717) is 3.57 Å². The summed E-state index contributed by atoms with van der Waals surface area (Å²) in [6, 6.07) is 0. The lowest BCUT2D eigenvalue weighted by Crippen LogP contribution is -2.28.